The van der Waals surface area contributed by atoms with Crippen LogP contribution in [-0.2, 0) is 4.79 Å². The Labute approximate surface area is 131 Å². The number of anilines is 1. The van der Waals surface area contributed by atoms with Gasteiger partial charge in [-0.05, 0) is 31.0 Å². The number of carbonyl (C=O) groups excluding carboxylic acids is 1. The van der Waals surface area contributed by atoms with Crippen LogP contribution in [-0.4, -0.2) is 25.6 Å². The monoisotopic (exact) mass is 310 g/mol. The van der Waals surface area contributed by atoms with Crippen molar-refractivity contribution in [3.63, 3.8) is 0 Å². The zero-order valence-corrected chi connectivity index (χ0v) is 13.2. The molecule has 2 rings (SSSR count). The predicted molar refractivity (Wildman–Crippen MR) is 86.1 cm³/mol. The van der Waals surface area contributed by atoms with E-state index >= 15 is 0 Å². The van der Waals surface area contributed by atoms with E-state index < -0.39 is 0 Å². The lowest BCUT2D eigenvalue weighted by atomic mass is 9.95. The molecule has 1 fully saturated rings. The van der Waals surface area contributed by atoms with Gasteiger partial charge in [0.15, 0.2) is 0 Å². The van der Waals surface area contributed by atoms with E-state index in [9.17, 15) is 4.79 Å². The molecule has 0 atom stereocenters. The van der Waals surface area contributed by atoms with Crippen molar-refractivity contribution in [1.82, 2.24) is 5.32 Å². The number of methoxy groups -OCH3 is 1. The standard InChI is InChI=1S/C16H23ClN2O2/c1-21-15-8-7-12(17)11-14(15)18-10-9-16(20)19-13-5-3-2-4-6-13/h7-8,11,13,18H,2-6,9-10H2,1H3,(H,19,20). The first-order chi connectivity index (χ1) is 10.2. The molecule has 116 valence electrons. The molecule has 4 nitrogen and oxygen atoms in total. The molecule has 0 aliphatic heterocycles. The fraction of sp³-hybridized carbons (Fsp3) is 0.562. The van der Waals surface area contributed by atoms with Crippen molar-refractivity contribution >= 4 is 23.2 Å². The van der Waals surface area contributed by atoms with Crippen molar-refractivity contribution in [2.45, 2.75) is 44.6 Å². The molecule has 0 radical (unpaired) electrons. The smallest absolute Gasteiger partial charge is 0.221 e. The number of nitrogens with one attached hydrogen (secondary N) is 2. The van der Waals surface area contributed by atoms with E-state index in [0.29, 0.717) is 24.0 Å². The maximum atomic E-state index is 11.9. The summed E-state index contributed by atoms with van der Waals surface area (Å²) in [6, 6.07) is 5.76. The molecule has 0 unspecified atom stereocenters. The van der Waals surface area contributed by atoms with Gasteiger partial charge in [0.05, 0.1) is 12.8 Å². The summed E-state index contributed by atoms with van der Waals surface area (Å²) < 4.78 is 5.26. The fourth-order valence-corrected chi connectivity index (χ4v) is 2.85. The quantitative estimate of drug-likeness (QED) is 0.844. The minimum atomic E-state index is 0.107. The number of amides is 1. The average Bonchev–Trinajstić information content (AvgIpc) is 2.48. The molecule has 1 aromatic rings. The molecule has 21 heavy (non-hydrogen) atoms. The van der Waals surface area contributed by atoms with E-state index in [0.717, 1.165) is 24.3 Å². The molecule has 5 heteroatoms. The van der Waals surface area contributed by atoms with E-state index in [2.05, 4.69) is 10.6 Å². The van der Waals surface area contributed by atoms with Gasteiger partial charge in [0.25, 0.3) is 0 Å². The summed E-state index contributed by atoms with van der Waals surface area (Å²) in [5.74, 6) is 0.836. The topological polar surface area (TPSA) is 50.4 Å². The van der Waals surface area contributed by atoms with E-state index in [1.165, 1.54) is 19.3 Å². The molecule has 1 saturated carbocycles. The summed E-state index contributed by atoms with van der Waals surface area (Å²) in [5, 5.41) is 6.96. The normalized spacial score (nSPS) is 15.5. The minimum Gasteiger partial charge on any atom is -0.495 e. The molecule has 1 aromatic carbocycles. The minimum absolute atomic E-state index is 0.107. The molecule has 1 aliphatic rings. The van der Waals surface area contributed by atoms with Gasteiger partial charge in [-0.25, -0.2) is 0 Å². The highest BCUT2D eigenvalue weighted by Gasteiger charge is 2.15. The number of carbonyl (C=O) groups is 1. The first-order valence-corrected chi connectivity index (χ1v) is 7.93. The van der Waals surface area contributed by atoms with Crippen molar-refractivity contribution < 1.29 is 9.53 Å². The Morgan fingerprint density at radius 2 is 2.10 bits per heavy atom. The molecule has 0 saturated heterocycles. The van der Waals surface area contributed by atoms with Crippen LogP contribution < -0.4 is 15.4 Å². The summed E-state index contributed by atoms with van der Waals surface area (Å²) in [6.45, 7) is 0.565. The van der Waals surface area contributed by atoms with Crippen LogP contribution in [0.15, 0.2) is 18.2 Å². The van der Waals surface area contributed by atoms with Crippen molar-refractivity contribution in [2.75, 3.05) is 19.0 Å². The van der Waals surface area contributed by atoms with Crippen LogP contribution in [0, 0.1) is 0 Å². The third-order valence-electron chi connectivity index (χ3n) is 3.80. The average molecular weight is 311 g/mol. The van der Waals surface area contributed by atoms with Crippen LogP contribution in [0.1, 0.15) is 38.5 Å². The van der Waals surface area contributed by atoms with Gasteiger partial charge in [0, 0.05) is 24.0 Å². The van der Waals surface area contributed by atoms with Gasteiger partial charge in [-0.2, -0.15) is 0 Å². The third-order valence-corrected chi connectivity index (χ3v) is 4.03. The molecular formula is C16H23ClN2O2. The number of benzene rings is 1. The molecular weight excluding hydrogens is 288 g/mol. The Balaban J connectivity index is 1.75. The number of ether oxygens (including phenoxy) is 1. The van der Waals surface area contributed by atoms with Crippen molar-refractivity contribution in [3.05, 3.63) is 23.2 Å². The summed E-state index contributed by atoms with van der Waals surface area (Å²) in [7, 11) is 1.62. The van der Waals surface area contributed by atoms with Gasteiger partial charge in [-0.15, -0.1) is 0 Å². The van der Waals surface area contributed by atoms with Crippen molar-refractivity contribution in [2.24, 2.45) is 0 Å². The van der Waals surface area contributed by atoms with Crippen LogP contribution in [0.4, 0.5) is 5.69 Å². The van der Waals surface area contributed by atoms with Crippen molar-refractivity contribution in [3.8, 4) is 5.75 Å². The zero-order chi connectivity index (χ0) is 15.1. The highest BCUT2D eigenvalue weighted by atomic mass is 35.5. The second-order valence-electron chi connectivity index (χ2n) is 5.42. The Kier molecular flexibility index (Phi) is 6.18. The van der Waals surface area contributed by atoms with E-state index in [-0.39, 0.29) is 5.91 Å². The van der Waals surface area contributed by atoms with Crippen LogP contribution in [0.25, 0.3) is 0 Å². The SMILES string of the molecule is COc1ccc(Cl)cc1NCCC(=O)NC1CCCCC1. The van der Waals surface area contributed by atoms with Gasteiger partial charge < -0.3 is 15.4 Å². The summed E-state index contributed by atoms with van der Waals surface area (Å²) in [4.78, 5) is 11.9. The molecule has 0 bridgehead atoms. The summed E-state index contributed by atoms with van der Waals surface area (Å²) in [6.07, 6.45) is 6.42. The zero-order valence-electron chi connectivity index (χ0n) is 12.5. The highest BCUT2D eigenvalue weighted by molar-refractivity contribution is 6.30. The Morgan fingerprint density at radius 3 is 2.81 bits per heavy atom. The molecule has 1 aliphatic carbocycles. The third kappa shape index (κ3) is 5.12. The highest BCUT2D eigenvalue weighted by Crippen LogP contribution is 2.27. The Hall–Kier alpha value is -1.42. The molecule has 1 amide bonds. The fourth-order valence-electron chi connectivity index (χ4n) is 2.68. The molecule has 0 aromatic heterocycles. The van der Waals surface area contributed by atoms with Crippen LogP contribution in [0.5, 0.6) is 5.75 Å². The van der Waals surface area contributed by atoms with Gasteiger partial charge >= 0.3 is 0 Å². The number of hydrogen-bond donors (Lipinski definition) is 2. The summed E-state index contributed by atoms with van der Waals surface area (Å²) in [5.41, 5.74) is 0.815. The van der Waals surface area contributed by atoms with E-state index in [1.807, 2.05) is 6.07 Å². The first kappa shape index (κ1) is 16.0. The van der Waals surface area contributed by atoms with E-state index in [1.54, 1.807) is 19.2 Å². The predicted octanol–water partition coefficient (Wildman–Crippen LogP) is 3.60. The van der Waals surface area contributed by atoms with Gasteiger partial charge in [-0.3, -0.25) is 4.79 Å². The Bertz CT molecular complexity index is 473. The largest absolute Gasteiger partial charge is 0.495 e. The second-order valence-corrected chi connectivity index (χ2v) is 5.86. The molecule has 2 N–H and O–H groups in total. The van der Waals surface area contributed by atoms with Gasteiger partial charge in [0.1, 0.15) is 5.75 Å². The molecule has 0 heterocycles. The summed E-state index contributed by atoms with van der Waals surface area (Å²) >= 11 is 5.97. The van der Waals surface area contributed by atoms with Crippen molar-refractivity contribution in [1.29, 1.82) is 0 Å². The van der Waals surface area contributed by atoms with Crippen LogP contribution in [0.2, 0.25) is 5.02 Å². The van der Waals surface area contributed by atoms with Gasteiger partial charge in [0.2, 0.25) is 5.91 Å². The lowest BCUT2D eigenvalue weighted by molar-refractivity contribution is -0.121. The molecule has 0 spiro atoms. The lowest BCUT2D eigenvalue weighted by Crippen LogP contribution is -2.36. The van der Waals surface area contributed by atoms with Crippen LogP contribution in [0.3, 0.4) is 0 Å². The Morgan fingerprint density at radius 1 is 1.33 bits per heavy atom. The van der Waals surface area contributed by atoms with E-state index in [4.69, 9.17) is 16.3 Å². The maximum Gasteiger partial charge on any atom is 0.221 e. The van der Waals surface area contributed by atoms with Crippen LogP contribution >= 0.6 is 11.6 Å². The lowest BCUT2D eigenvalue weighted by Gasteiger charge is -2.22. The number of hydrogen-bond acceptors (Lipinski definition) is 3. The number of rotatable bonds is 6. The first-order valence-electron chi connectivity index (χ1n) is 7.56. The second kappa shape index (κ2) is 8.13. The maximum absolute atomic E-state index is 11.9. The van der Waals surface area contributed by atoms with Gasteiger partial charge in [-0.1, -0.05) is 30.9 Å². The number of halogens is 1.